The van der Waals surface area contributed by atoms with Crippen LogP contribution in [0.4, 0.5) is 0 Å². The highest BCUT2D eigenvalue weighted by Crippen LogP contribution is 2.13. The molecule has 0 saturated carbocycles. The Bertz CT molecular complexity index is 253. The highest BCUT2D eigenvalue weighted by molar-refractivity contribution is 5.71. The standard InChI is InChI=1S/C17H32O4/c18-15-13-11-9-7-5-3-1-2-4-6-8-10-12-14-16(19)17(20)21/h15-16,19H,1-14H2,(H,20,21). The van der Waals surface area contributed by atoms with Crippen molar-refractivity contribution in [3.63, 3.8) is 0 Å². The summed E-state index contributed by atoms with van der Waals surface area (Å²) in [6.07, 6.45) is 15.0. The number of carboxylic acids is 1. The van der Waals surface area contributed by atoms with E-state index in [0.29, 0.717) is 12.8 Å². The molecule has 0 fully saturated rings. The van der Waals surface area contributed by atoms with Crippen molar-refractivity contribution in [3.05, 3.63) is 0 Å². The second kappa shape index (κ2) is 15.5. The largest absolute Gasteiger partial charge is 0.479 e. The van der Waals surface area contributed by atoms with E-state index in [-0.39, 0.29) is 0 Å². The van der Waals surface area contributed by atoms with Crippen LogP contribution in [0.15, 0.2) is 0 Å². The fourth-order valence-corrected chi connectivity index (χ4v) is 2.46. The zero-order valence-electron chi connectivity index (χ0n) is 13.3. The van der Waals surface area contributed by atoms with Gasteiger partial charge < -0.3 is 15.0 Å². The van der Waals surface area contributed by atoms with Crippen molar-refractivity contribution < 1.29 is 19.8 Å². The smallest absolute Gasteiger partial charge is 0.332 e. The van der Waals surface area contributed by atoms with Crippen LogP contribution < -0.4 is 0 Å². The van der Waals surface area contributed by atoms with E-state index in [1.54, 1.807) is 0 Å². The lowest BCUT2D eigenvalue weighted by Gasteiger charge is -2.05. The molecule has 0 heterocycles. The molecule has 0 aliphatic heterocycles. The Labute approximate surface area is 128 Å². The predicted octanol–water partition coefficient (Wildman–Crippen LogP) is 4.09. The minimum absolute atomic E-state index is 0.374. The summed E-state index contributed by atoms with van der Waals surface area (Å²) in [4.78, 5) is 20.5. The lowest BCUT2D eigenvalue weighted by molar-refractivity contribution is -0.147. The van der Waals surface area contributed by atoms with Crippen molar-refractivity contribution in [2.75, 3.05) is 0 Å². The Kier molecular flexibility index (Phi) is 14.8. The Morgan fingerprint density at radius 2 is 1.14 bits per heavy atom. The zero-order valence-corrected chi connectivity index (χ0v) is 13.3. The summed E-state index contributed by atoms with van der Waals surface area (Å²) in [5.41, 5.74) is 0. The van der Waals surface area contributed by atoms with Gasteiger partial charge in [0.25, 0.3) is 0 Å². The Hall–Kier alpha value is -0.900. The number of aliphatic hydroxyl groups is 1. The van der Waals surface area contributed by atoms with Gasteiger partial charge in [0, 0.05) is 6.42 Å². The molecule has 0 amide bonds. The molecular weight excluding hydrogens is 268 g/mol. The summed E-state index contributed by atoms with van der Waals surface area (Å²) >= 11 is 0. The first-order valence-electron chi connectivity index (χ1n) is 8.53. The van der Waals surface area contributed by atoms with Gasteiger partial charge in [-0.25, -0.2) is 4.79 Å². The van der Waals surface area contributed by atoms with Gasteiger partial charge in [0.15, 0.2) is 6.10 Å². The summed E-state index contributed by atoms with van der Waals surface area (Å²) in [6, 6.07) is 0. The third-order valence-corrected chi connectivity index (χ3v) is 3.83. The summed E-state index contributed by atoms with van der Waals surface area (Å²) in [5.74, 6) is -1.11. The minimum Gasteiger partial charge on any atom is -0.479 e. The van der Waals surface area contributed by atoms with Crippen LogP contribution in [0.25, 0.3) is 0 Å². The molecule has 1 unspecified atom stereocenters. The first-order valence-corrected chi connectivity index (χ1v) is 8.53. The van der Waals surface area contributed by atoms with E-state index in [1.807, 2.05) is 0 Å². The molecule has 4 nitrogen and oxygen atoms in total. The number of rotatable bonds is 16. The maximum Gasteiger partial charge on any atom is 0.332 e. The topological polar surface area (TPSA) is 74.6 Å². The number of hydrogen-bond acceptors (Lipinski definition) is 3. The van der Waals surface area contributed by atoms with Gasteiger partial charge in [0.2, 0.25) is 0 Å². The number of hydrogen-bond donors (Lipinski definition) is 2. The molecule has 2 N–H and O–H groups in total. The van der Waals surface area contributed by atoms with Crippen LogP contribution in [0, 0.1) is 0 Å². The van der Waals surface area contributed by atoms with Gasteiger partial charge in [-0.05, 0) is 12.8 Å². The molecule has 1 atom stereocenters. The third kappa shape index (κ3) is 15.3. The van der Waals surface area contributed by atoms with E-state index in [2.05, 4.69) is 0 Å². The van der Waals surface area contributed by atoms with Crippen LogP contribution in [-0.4, -0.2) is 28.6 Å². The van der Waals surface area contributed by atoms with E-state index >= 15 is 0 Å². The van der Waals surface area contributed by atoms with Crippen LogP contribution in [0.3, 0.4) is 0 Å². The molecule has 0 spiro atoms. The lowest BCUT2D eigenvalue weighted by Crippen LogP contribution is -2.18. The molecule has 124 valence electrons. The van der Waals surface area contributed by atoms with Gasteiger partial charge in [0.05, 0.1) is 0 Å². The number of aliphatic carboxylic acids is 1. The molecule has 21 heavy (non-hydrogen) atoms. The molecule has 0 aliphatic carbocycles. The molecule has 0 saturated heterocycles. The van der Waals surface area contributed by atoms with Crippen molar-refractivity contribution in [2.24, 2.45) is 0 Å². The average Bonchev–Trinajstić information content (AvgIpc) is 2.47. The first kappa shape index (κ1) is 20.1. The molecule has 0 aromatic carbocycles. The van der Waals surface area contributed by atoms with Crippen molar-refractivity contribution in [1.29, 1.82) is 0 Å². The fourth-order valence-electron chi connectivity index (χ4n) is 2.46. The van der Waals surface area contributed by atoms with Gasteiger partial charge in [-0.2, -0.15) is 0 Å². The first-order chi connectivity index (χ1) is 10.2. The van der Waals surface area contributed by atoms with Crippen molar-refractivity contribution in [1.82, 2.24) is 0 Å². The van der Waals surface area contributed by atoms with E-state index in [1.165, 1.54) is 51.4 Å². The van der Waals surface area contributed by atoms with Crippen LogP contribution in [0.1, 0.15) is 89.9 Å². The van der Waals surface area contributed by atoms with Gasteiger partial charge in [0.1, 0.15) is 6.29 Å². The van der Waals surface area contributed by atoms with Crippen molar-refractivity contribution in [2.45, 2.75) is 96.0 Å². The summed E-state index contributed by atoms with van der Waals surface area (Å²) in [6.45, 7) is 0. The Balaban J connectivity index is 3.06. The van der Waals surface area contributed by atoms with Crippen LogP contribution >= 0.6 is 0 Å². The molecule has 0 aromatic heterocycles. The van der Waals surface area contributed by atoms with Gasteiger partial charge >= 0.3 is 5.97 Å². The quantitative estimate of drug-likeness (QED) is 0.332. The Morgan fingerprint density at radius 3 is 1.52 bits per heavy atom. The van der Waals surface area contributed by atoms with Crippen molar-refractivity contribution in [3.8, 4) is 0 Å². The Morgan fingerprint density at radius 1 is 0.762 bits per heavy atom. The highest BCUT2D eigenvalue weighted by atomic mass is 16.4. The normalized spacial score (nSPS) is 12.2. The minimum atomic E-state index is -1.18. The van der Waals surface area contributed by atoms with E-state index in [0.717, 1.165) is 32.0 Å². The van der Waals surface area contributed by atoms with Gasteiger partial charge in [-0.3, -0.25) is 0 Å². The third-order valence-electron chi connectivity index (χ3n) is 3.83. The maximum atomic E-state index is 10.4. The summed E-state index contributed by atoms with van der Waals surface area (Å²) < 4.78 is 0. The number of carbonyl (C=O) groups is 2. The number of unbranched alkanes of at least 4 members (excludes halogenated alkanes) is 12. The number of carbonyl (C=O) groups excluding carboxylic acids is 1. The molecule has 0 aliphatic rings. The lowest BCUT2D eigenvalue weighted by atomic mass is 10.0. The monoisotopic (exact) mass is 300 g/mol. The van der Waals surface area contributed by atoms with Crippen molar-refractivity contribution >= 4 is 12.3 Å². The predicted molar refractivity (Wildman–Crippen MR) is 84.3 cm³/mol. The average molecular weight is 300 g/mol. The molecule has 4 heteroatoms. The second-order valence-electron chi connectivity index (χ2n) is 5.84. The molecular formula is C17H32O4. The van der Waals surface area contributed by atoms with Crippen LogP contribution in [-0.2, 0) is 9.59 Å². The molecule has 0 bridgehead atoms. The second-order valence-corrected chi connectivity index (χ2v) is 5.84. The molecule has 0 rings (SSSR count). The summed E-state index contributed by atoms with van der Waals surface area (Å²) in [5, 5.41) is 17.6. The highest BCUT2D eigenvalue weighted by Gasteiger charge is 2.11. The SMILES string of the molecule is O=CCCCCCCCCCCCCCCC(O)C(=O)O. The zero-order chi connectivity index (χ0) is 15.8. The maximum absolute atomic E-state index is 10.4. The van der Waals surface area contributed by atoms with Crippen LogP contribution in [0.2, 0.25) is 0 Å². The molecule has 0 aromatic rings. The van der Waals surface area contributed by atoms with E-state index in [4.69, 9.17) is 10.2 Å². The van der Waals surface area contributed by atoms with E-state index in [9.17, 15) is 9.59 Å². The fraction of sp³-hybridized carbons (Fsp3) is 0.882. The molecule has 0 radical (unpaired) electrons. The van der Waals surface area contributed by atoms with Crippen LogP contribution in [0.5, 0.6) is 0 Å². The summed E-state index contributed by atoms with van der Waals surface area (Å²) in [7, 11) is 0. The number of aliphatic hydroxyl groups excluding tert-OH is 1. The number of aldehydes is 1. The van der Waals surface area contributed by atoms with E-state index < -0.39 is 12.1 Å². The number of carboxylic acid groups (broad SMARTS) is 1. The van der Waals surface area contributed by atoms with Gasteiger partial charge in [-0.1, -0.05) is 70.6 Å². The van der Waals surface area contributed by atoms with Gasteiger partial charge in [-0.15, -0.1) is 0 Å².